The van der Waals surface area contributed by atoms with E-state index in [0.717, 1.165) is 5.01 Å². The first kappa shape index (κ1) is 16.2. The van der Waals surface area contributed by atoms with Gasteiger partial charge in [0.25, 0.3) is 5.91 Å². The summed E-state index contributed by atoms with van der Waals surface area (Å²) in [5, 5.41) is 9.73. The van der Waals surface area contributed by atoms with Gasteiger partial charge in [-0.3, -0.25) is 9.80 Å². The maximum Gasteiger partial charge on any atom is 0.334 e. The van der Waals surface area contributed by atoms with Crippen molar-refractivity contribution in [2.24, 2.45) is 5.84 Å². The summed E-state index contributed by atoms with van der Waals surface area (Å²) in [5.74, 6) is 4.66. The van der Waals surface area contributed by atoms with Gasteiger partial charge < -0.3 is 4.74 Å². The SMILES string of the molecule is COC(=O)[C@@H](c1ccccc1)N(N)C(=O)c1cccc(C#N)c1. The minimum Gasteiger partial charge on any atom is -0.467 e. The lowest BCUT2D eigenvalue weighted by atomic mass is 10.0. The van der Waals surface area contributed by atoms with Gasteiger partial charge in [-0.05, 0) is 23.8 Å². The number of nitrogens with zero attached hydrogens (tertiary/aromatic N) is 2. The van der Waals surface area contributed by atoms with E-state index in [1.165, 1.54) is 19.2 Å². The largest absolute Gasteiger partial charge is 0.467 e. The fourth-order valence-corrected chi connectivity index (χ4v) is 2.15. The first-order chi connectivity index (χ1) is 11.1. The van der Waals surface area contributed by atoms with E-state index < -0.39 is 17.9 Å². The van der Waals surface area contributed by atoms with E-state index >= 15 is 0 Å². The normalized spacial score (nSPS) is 11.2. The van der Waals surface area contributed by atoms with Gasteiger partial charge in [0.2, 0.25) is 0 Å². The molecule has 2 aromatic rings. The third-order valence-electron chi connectivity index (χ3n) is 3.29. The minimum atomic E-state index is -1.07. The molecule has 0 saturated heterocycles. The molecule has 23 heavy (non-hydrogen) atoms. The first-order valence-corrected chi connectivity index (χ1v) is 6.79. The summed E-state index contributed by atoms with van der Waals surface area (Å²) in [4.78, 5) is 24.6. The minimum absolute atomic E-state index is 0.219. The van der Waals surface area contributed by atoms with Gasteiger partial charge in [-0.25, -0.2) is 10.6 Å². The molecule has 6 heteroatoms. The van der Waals surface area contributed by atoms with Gasteiger partial charge in [-0.15, -0.1) is 0 Å². The van der Waals surface area contributed by atoms with Gasteiger partial charge in [0.05, 0.1) is 18.7 Å². The van der Waals surface area contributed by atoms with Crippen LogP contribution in [0.2, 0.25) is 0 Å². The molecule has 6 nitrogen and oxygen atoms in total. The maximum absolute atomic E-state index is 12.5. The second-order valence-electron chi connectivity index (χ2n) is 4.74. The molecule has 0 heterocycles. The number of hydrazine groups is 1. The number of methoxy groups -OCH3 is 1. The topological polar surface area (TPSA) is 96.4 Å². The van der Waals surface area contributed by atoms with Crippen LogP contribution in [0.3, 0.4) is 0 Å². The molecular formula is C17H15N3O3. The Morgan fingerprint density at radius 3 is 2.48 bits per heavy atom. The maximum atomic E-state index is 12.5. The molecule has 1 amide bonds. The Kier molecular flexibility index (Phi) is 5.07. The van der Waals surface area contributed by atoms with Crippen LogP contribution in [-0.2, 0) is 9.53 Å². The zero-order valence-electron chi connectivity index (χ0n) is 12.5. The van der Waals surface area contributed by atoms with E-state index in [0.29, 0.717) is 11.1 Å². The van der Waals surface area contributed by atoms with E-state index in [-0.39, 0.29) is 5.56 Å². The average Bonchev–Trinajstić information content (AvgIpc) is 2.61. The number of nitriles is 1. The molecule has 116 valence electrons. The Bertz CT molecular complexity index is 753. The molecule has 0 aliphatic carbocycles. The molecule has 0 aliphatic rings. The highest BCUT2D eigenvalue weighted by Gasteiger charge is 2.30. The van der Waals surface area contributed by atoms with Crippen molar-refractivity contribution in [2.45, 2.75) is 6.04 Å². The van der Waals surface area contributed by atoms with Gasteiger partial charge in [0.15, 0.2) is 6.04 Å². The number of ether oxygens (including phenoxy) is 1. The van der Waals surface area contributed by atoms with E-state index in [1.807, 2.05) is 6.07 Å². The van der Waals surface area contributed by atoms with E-state index in [2.05, 4.69) is 0 Å². The lowest BCUT2D eigenvalue weighted by molar-refractivity contribution is -0.146. The molecule has 2 rings (SSSR count). The van der Waals surface area contributed by atoms with Crippen molar-refractivity contribution in [1.82, 2.24) is 5.01 Å². The van der Waals surface area contributed by atoms with Crippen molar-refractivity contribution in [3.8, 4) is 6.07 Å². The second-order valence-corrected chi connectivity index (χ2v) is 4.74. The number of hydrogen-bond acceptors (Lipinski definition) is 5. The van der Waals surface area contributed by atoms with Gasteiger partial charge in [-0.1, -0.05) is 36.4 Å². The Hall–Kier alpha value is -3.17. The number of nitrogens with two attached hydrogens (primary N) is 1. The predicted octanol–water partition coefficient (Wildman–Crippen LogP) is 1.79. The van der Waals surface area contributed by atoms with Crippen LogP contribution >= 0.6 is 0 Å². The molecule has 0 radical (unpaired) electrons. The molecule has 0 aromatic heterocycles. The Morgan fingerprint density at radius 2 is 1.87 bits per heavy atom. The van der Waals surface area contributed by atoms with Gasteiger partial charge in [0, 0.05) is 5.56 Å². The number of carbonyl (C=O) groups is 2. The van der Waals surface area contributed by atoms with E-state index in [1.54, 1.807) is 42.5 Å². The van der Waals surface area contributed by atoms with Crippen LogP contribution in [-0.4, -0.2) is 24.0 Å². The van der Waals surface area contributed by atoms with Crippen molar-refractivity contribution in [3.05, 3.63) is 71.3 Å². The van der Waals surface area contributed by atoms with Crippen LogP contribution in [0.1, 0.15) is 27.5 Å². The fraction of sp³-hybridized carbons (Fsp3) is 0.118. The number of amides is 1. The summed E-state index contributed by atoms with van der Waals surface area (Å²) in [6.45, 7) is 0. The monoisotopic (exact) mass is 309 g/mol. The first-order valence-electron chi connectivity index (χ1n) is 6.79. The van der Waals surface area contributed by atoms with Gasteiger partial charge >= 0.3 is 5.97 Å². The molecule has 0 unspecified atom stereocenters. The zero-order valence-corrected chi connectivity index (χ0v) is 12.5. The quantitative estimate of drug-likeness (QED) is 0.402. The number of carbonyl (C=O) groups excluding carboxylic acids is 2. The molecule has 0 spiro atoms. The zero-order chi connectivity index (χ0) is 16.8. The Balaban J connectivity index is 2.37. The van der Waals surface area contributed by atoms with Crippen molar-refractivity contribution >= 4 is 11.9 Å². The van der Waals surface area contributed by atoms with E-state index in [4.69, 9.17) is 15.8 Å². The highest BCUT2D eigenvalue weighted by molar-refractivity contribution is 5.97. The molecule has 0 fully saturated rings. The van der Waals surface area contributed by atoms with Crippen LogP contribution in [0.15, 0.2) is 54.6 Å². The number of benzene rings is 2. The third kappa shape index (κ3) is 3.54. The summed E-state index contributed by atoms with van der Waals surface area (Å²) < 4.78 is 4.75. The lowest BCUT2D eigenvalue weighted by Crippen LogP contribution is -2.44. The average molecular weight is 309 g/mol. The molecule has 1 atom stereocenters. The van der Waals surface area contributed by atoms with Crippen LogP contribution in [0.5, 0.6) is 0 Å². The summed E-state index contributed by atoms with van der Waals surface area (Å²) in [7, 11) is 1.23. The van der Waals surface area contributed by atoms with Crippen LogP contribution in [0.25, 0.3) is 0 Å². The van der Waals surface area contributed by atoms with E-state index in [9.17, 15) is 9.59 Å². The van der Waals surface area contributed by atoms with Gasteiger partial charge in [-0.2, -0.15) is 5.26 Å². The highest BCUT2D eigenvalue weighted by Crippen LogP contribution is 2.21. The molecule has 0 bridgehead atoms. The molecular weight excluding hydrogens is 294 g/mol. The summed E-state index contributed by atoms with van der Waals surface area (Å²) >= 11 is 0. The van der Waals surface area contributed by atoms with Crippen LogP contribution in [0, 0.1) is 11.3 Å². The highest BCUT2D eigenvalue weighted by atomic mass is 16.5. The molecule has 0 aliphatic heterocycles. The predicted molar refractivity (Wildman–Crippen MR) is 82.7 cm³/mol. The Morgan fingerprint density at radius 1 is 1.17 bits per heavy atom. The smallest absolute Gasteiger partial charge is 0.334 e. The fourth-order valence-electron chi connectivity index (χ4n) is 2.15. The van der Waals surface area contributed by atoms with Gasteiger partial charge in [0.1, 0.15) is 0 Å². The van der Waals surface area contributed by atoms with Crippen LogP contribution in [0.4, 0.5) is 0 Å². The van der Waals surface area contributed by atoms with Crippen molar-refractivity contribution in [2.75, 3.05) is 7.11 Å². The molecule has 2 N–H and O–H groups in total. The van der Waals surface area contributed by atoms with Crippen molar-refractivity contribution in [1.29, 1.82) is 5.26 Å². The molecule has 2 aromatic carbocycles. The summed E-state index contributed by atoms with van der Waals surface area (Å²) in [5.41, 5.74) is 1.08. The second kappa shape index (κ2) is 7.20. The standard InChI is InChI=1S/C17H15N3O3/c1-23-17(22)15(13-7-3-2-4-8-13)20(19)16(21)14-9-5-6-12(10-14)11-18/h2-10,15H,19H2,1H3/t15-/m1/s1. The van der Waals surface area contributed by atoms with Crippen LogP contribution < -0.4 is 5.84 Å². The Labute approximate surface area is 133 Å². The summed E-state index contributed by atoms with van der Waals surface area (Å²) in [6.07, 6.45) is 0. The van der Waals surface area contributed by atoms with Crippen molar-refractivity contribution in [3.63, 3.8) is 0 Å². The van der Waals surface area contributed by atoms with Crippen molar-refractivity contribution < 1.29 is 14.3 Å². The summed E-state index contributed by atoms with van der Waals surface area (Å²) in [6, 6.07) is 15.6. The number of rotatable bonds is 4. The number of hydrogen-bond donors (Lipinski definition) is 1. The molecule has 0 saturated carbocycles. The lowest BCUT2D eigenvalue weighted by Gasteiger charge is -2.25. The number of esters is 1. The third-order valence-corrected chi connectivity index (χ3v) is 3.29.